The quantitative estimate of drug-likeness (QED) is 0.510. The minimum atomic E-state index is -3.74. The van der Waals surface area contributed by atoms with Crippen molar-refractivity contribution in [3.63, 3.8) is 0 Å². The van der Waals surface area contributed by atoms with Crippen molar-refractivity contribution in [2.45, 2.75) is 38.2 Å². The summed E-state index contributed by atoms with van der Waals surface area (Å²) in [4.78, 5) is 13.3. The fourth-order valence-electron chi connectivity index (χ4n) is 4.16. The molecule has 4 rings (SSSR count). The van der Waals surface area contributed by atoms with E-state index >= 15 is 0 Å². The van der Waals surface area contributed by atoms with E-state index in [1.165, 1.54) is 4.31 Å². The number of benzene rings is 3. The minimum Gasteiger partial charge on any atom is -0.476 e. The average molecular weight is 479 g/mol. The first-order valence-electron chi connectivity index (χ1n) is 11.5. The van der Waals surface area contributed by atoms with Crippen molar-refractivity contribution >= 4 is 21.6 Å². The van der Waals surface area contributed by atoms with Gasteiger partial charge in [0.1, 0.15) is 5.75 Å². The Morgan fingerprint density at radius 1 is 0.971 bits per heavy atom. The monoisotopic (exact) mass is 478 g/mol. The molecule has 0 fully saturated rings. The predicted octanol–water partition coefficient (Wildman–Crippen LogP) is 4.69. The fourth-order valence-corrected chi connectivity index (χ4v) is 5.75. The molecule has 3 aromatic carbocycles. The van der Waals surface area contributed by atoms with Crippen LogP contribution >= 0.6 is 0 Å². The second kappa shape index (κ2) is 10.3. The van der Waals surface area contributed by atoms with Crippen molar-refractivity contribution in [1.82, 2.24) is 5.32 Å². The third kappa shape index (κ3) is 5.59. The first-order chi connectivity index (χ1) is 16.3. The number of hydrogen-bond acceptors (Lipinski definition) is 4. The number of para-hydroxylation sites is 2. The summed E-state index contributed by atoms with van der Waals surface area (Å²) in [6.45, 7) is 4.13. The number of sulfonamides is 1. The van der Waals surface area contributed by atoms with Crippen LogP contribution in [0, 0.1) is 5.92 Å². The topological polar surface area (TPSA) is 75.7 Å². The Kier molecular flexibility index (Phi) is 7.22. The Morgan fingerprint density at radius 3 is 2.26 bits per heavy atom. The highest BCUT2D eigenvalue weighted by molar-refractivity contribution is 7.92. The molecule has 0 bridgehead atoms. The van der Waals surface area contributed by atoms with Crippen molar-refractivity contribution in [2.24, 2.45) is 5.92 Å². The van der Waals surface area contributed by atoms with E-state index in [2.05, 4.69) is 19.2 Å². The Hall–Kier alpha value is -3.32. The molecule has 1 amide bonds. The van der Waals surface area contributed by atoms with Gasteiger partial charge in [0.25, 0.3) is 5.91 Å². The van der Waals surface area contributed by atoms with Crippen LogP contribution in [-0.4, -0.2) is 27.0 Å². The third-order valence-corrected chi connectivity index (χ3v) is 7.50. The number of ether oxygens (including phenoxy) is 1. The number of nitrogens with one attached hydrogen (secondary N) is 1. The van der Waals surface area contributed by atoms with Crippen LogP contribution in [0.1, 0.15) is 37.4 Å². The number of hydrogen-bond donors (Lipinski definition) is 1. The first kappa shape index (κ1) is 23.8. The highest BCUT2D eigenvalue weighted by Crippen LogP contribution is 2.36. The number of nitrogens with zero attached hydrogens (tertiary/aromatic N) is 1. The van der Waals surface area contributed by atoms with E-state index < -0.39 is 16.1 Å². The van der Waals surface area contributed by atoms with Gasteiger partial charge in [0.2, 0.25) is 10.0 Å². The van der Waals surface area contributed by atoms with Gasteiger partial charge >= 0.3 is 0 Å². The fraction of sp³-hybridized carbons (Fsp3) is 0.296. The minimum absolute atomic E-state index is 0.0821. The summed E-state index contributed by atoms with van der Waals surface area (Å²) < 4.78 is 34.1. The molecule has 178 valence electrons. The Labute approximate surface area is 201 Å². The Balaban J connectivity index is 1.59. The van der Waals surface area contributed by atoms with Crippen LogP contribution in [0.3, 0.4) is 0 Å². The molecule has 0 aromatic heterocycles. The SMILES string of the molecule is CC(C)C[C@H](NC(=O)[C@H]1CN(S(=O)(=O)Cc2ccccc2)c2ccccc2O1)c1ccccc1. The van der Waals surface area contributed by atoms with E-state index in [1.807, 2.05) is 48.5 Å². The molecule has 1 heterocycles. The van der Waals surface area contributed by atoms with Crippen molar-refractivity contribution in [2.75, 3.05) is 10.8 Å². The maximum atomic E-state index is 13.4. The maximum Gasteiger partial charge on any atom is 0.263 e. The van der Waals surface area contributed by atoms with E-state index in [1.54, 1.807) is 36.4 Å². The highest BCUT2D eigenvalue weighted by Gasteiger charge is 2.37. The smallest absolute Gasteiger partial charge is 0.263 e. The molecule has 1 aliphatic rings. The van der Waals surface area contributed by atoms with Crippen molar-refractivity contribution in [1.29, 1.82) is 0 Å². The summed E-state index contributed by atoms with van der Waals surface area (Å²) in [6.07, 6.45) is -0.200. The van der Waals surface area contributed by atoms with Gasteiger partial charge in [-0.3, -0.25) is 9.10 Å². The maximum absolute atomic E-state index is 13.4. The molecule has 0 saturated heterocycles. The zero-order chi connectivity index (χ0) is 24.1. The van der Waals surface area contributed by atoms with Gasteiger partial charge in [-0.05, 0) is 35.6 Å². The normalized spacial score (nSPS) is 16.4. The lowest BCUT2D eigenvalue weighted by atomic mass is 9.96. The van der Waals surface area contributed by atoms with Crippen LogP contribution in [0.15, 0.2) is 84.9 Å². The van der Waals surface area contributed by atoms with Crippen molar-refractivity contribution in [3.05, 3.63) is 96.1 Å². The lowest BCUT2D eigenvalue weighted by molar-refractivity contribution is -0.128. The third-order valence-electron chi connectivity index (χ3n) is 5.78. The summed E-state index contributed by atoms with van der Waals surface area (Å²) in [5.74, 6) is 0.257. The predicted molar refractivity (Wildman–Crippen MR) is 134 cm³/mol. The molecular formula is C27H30N2O4S. The molecular weight excluding hydrogens is 448 g/mol. The lowest BCUT2D eigenvalue weighted by Crippen LogP contribution is -2.51. The highest BCUT2D eigenvalue weighted by atomic mass is 32.2. The zero-order valence-corrected chi connectivity index (χ0v) is 20.2. The van der Waals surface area contributed by atoms with Crippen LogP contribution in [0.4, 0.5) is 5.69 Å². The van der Waals surface area contributed by atoms with Crippen molar-refractivity contribution in [3.8, 4) is 5.75 Å². The molecule has 2 atom stereocenters. The molecule has 0 unspecified atom stereocenters. The molecule has 3 aromatic rings. The first-order valence-corrected chi connectivity index (χ1v) is 13.1. The van der Waals surface area contributed by atoms with Crippen LogP contribution in [0.25, 0.3) is 0 Å². The molecule has 1 aliphatic heterocycles. The van der Waals surface area contributed by atoms with E-state index in [4.69, 9.17) is 4.74 Å². The Morgan fingerprint density at radius 2 is 1.59 bits per heavy atom. The molecule has 7 heteroatoms. The van der Waals surface area contributed by atoms with E-state index in [0.29, 0.717) is 22.9 Å². The van der Waals surface area contributed by atoms with Gasteiger partial charge in [0.05, 0.1) is 24.0 Å². The lowest BCUT2D eigenvalue weighted by Gasteiger charge is -2.35. The molecule has 0 radical (unpaired) electrons. The van der Waals surface area contributed by atoms with Crippen molar-refractivity contribution < 1.29 is 17.9 Å². The second-order valence-corrected chi connectivity index (χ2v) is 10.8. The average Bonchev–Trinajstić information content (AvgIpc) is 2.83. The van der Waals surface area contributed by atoms with Gasteiger partial charge in [-0.15, -0.1) is 0 Å². The van der Waals surface area contributed by atoms with E-state index in [-0.39, 0.29) is 24.2 Å². The summed E-state index contributed by atoms with van der Waals surface area (Å²) in [7, 11) is -3.74. The largest absolute Gasteiger partial charge is 0.476 e. The number of amides is 1. The number of rotatable bonds is 8. The Bertz CT molecular complexity index is 1210. The van der Waals surface area contributed by atoms with E-state index in [9.17, 15) is 13.2 Å². The van der Waals surface area contributed by atoms with Gasteiger partial charge in [-0.25, -0.2) is 8.42 Å². The molecule has 6 nitrogen and oxygen atoms in total. The number of carbonyl (C=O) groups excluding carboxylic acids is 1. The summed E-state index contributed by atoms with van der Waals surface area (Å²) >= 11 is 0. The van der Waals surface area contributed by atoms with Crippen LogP contribution in [0.2, 0.25) is 0 Å². The van der Waals surface area contributed by atoms with Crippen LogP contribution in [-0.2, 0) is 20.6 Å². The molecule has 34 heavy (non-hydrogen) atoms. The van der Waals surface area contributed by atoms with Crippen LogP contribution in [0.5, 0.6) is 5.75 Å². The molecule has 0 aliphatic carbocycles. The van der Waals surface area contributed by atoms with E-state index in [0.717, 1.165) is 12.0 Å². The zero-order valence-electron chi connectivity index (χ0n) is 19.4. The molecule has 0 spiro atoms. The molecule has 0 saturated carbocycles. The van der Waals surface area contributed by atoms with Crippen LogP contribution < -0.4 is 14.4 Å². The summed E-state index contributed by atoms with van der Waals surface area (Å²) in [5, 5.41) is 3.10. The number of fused-ring (bicyclic) bond motifs is 1. The number of anilines is 1. The van der Waals surface area contributed by atoms with Gasteiger partial charge in [-0.1, -0.05) is 86.6 Å². The van der Waals surface area contributed by atoms with Gasteiger partial charge < -0.3 is 10.1 Å². The number of carbonyl (C=O) groups is 1. The standard InChI is InChI=1S/C27H30N2O4S/c1-20(2)17-23(22-13-7-4-8-14-22)28-27(30)26-18-29(24-15-9-10-16-25(24)33-26)34(31,32)19-21-11-5-3-6-12-21/h3-16,20,23,26H,17-19H2,1-2H3,(H,28,30)/t23-,26+/m0/s1. The van der Waals surface area contributed by atoms with Gasteiger partial charge in [-0.2, -0.15) is 0 Å². The molecule has 1 N–H and O–H groups in total. The van der Waals surface area contributed by atoms with Gasteiger partial charge in [0.15, 0.2) is 6.10 Å². The second-order valence-electron chi connectivity index (χ2n) is 8.95. The summed E-state index contributed by atoms with van der Waals surface area (Å²) in [6, 6.07) is 25.6. The summed E-state index contributed by atoms with van der Waals surface area (Å²) in [5.41, 5.74) is 2.15. The van der Waals surface area contributed by atoms with Gasteiger partial charge in [0, 0.05) is 0 Å².